The third-order valence-electron chi connectivity index (χ3n) is 3.34. The molecular weight excluding hydrogens is 275 g/mol. The number of aliphatic hydroxyl groups is 1. The van der Waals surface area contributed by atoms with Crippen molar-refractivity contribution in [2.75, 3.05) is 13.1 Å². The van der Waals surface area contributed by atoms with Crippen LogP contribution >= 0.6 is 23.2 Å². The van der Waals surface area contributed by atoms with E-state index in [1.165, 1.54) is 12.3 Å². The maximum absolute atomic E-state index is 12.2. The second kappa shape index (κ2) is 4.68. The van der Waals surface area contributed by atoms with E-state index in [-0.39, 0.29) is 22.0 Å². The molecule has 1 aromatic heterocycles. The molecule has 0 unspecified atom stereocenters. The van der Waals surface area contributed by atoms with E-state index in [1.54, 1.807) is 4.90 Å². The highest BCUT2D eigenvalue weighted by Crippen LogP contribution is 2.31. The summed E-state index contributed by atoms with van der Waals surface area (Å²) in [6.45, 7) is 4.50. The number of halogens is 2. The van der Waals surface area contributed by atoms with Crippen molar-refractivity contribution in [2.45, 2.75) is 19.4 Å². The Kier molecular flexibility index (Phi) is 3.54. The first-order valence-electron chi connectivity index (χ1n) is 5.66. The van der Waals surface area contributed by atoms with Crippen LogP contribution in [0, 0.1) is 5.92 Å². The topological polar surface area (TPSA) is 53.4 Å². The molecule has 0 saturated carbocycles. The molecule has 98 valence electrons. The summed E-state index contributed by atoms with van der Waals surface area (Å²) >= 11 is 11.7. The van der Waals surface area contributed by atoms with Crippen LogP contribution < -0.4 is 0 Å². The minimum Gasteiger partial charge on any atom is -0.386 e. The van der Waals surface area contributed by atoms with Crippen molar-refractivity contribution in [1.29, 1.82) is 0 Å². The lowest BCUT2D eigenvalue weighted by Crippen LogP contribution is -2.66. The van der Waals surface area contributed by atoms with E-state index in [0.717, 1.165) is 0 Å². The van der Waals surface area contributed by atoms with E-state index in [2.05, 4.69) is 4.98 Å². The third-order valence-corrected chi connectivity index (χ3v) is 3.85. The summed E-state index contributed by atoms with van der Waals surface area (Å²) in [6, 6.07) is 1.44. The van der Waals surface area contributed by atoms with Gasteiger partial charge in [0.15, 0.2) is 0 Å². The van der Waals surface area contributed by atoms with Gasteiger partial charge in [0.2, 0.25) is 0 Å². The molecule has 1 aliphatic heterocycles. The molecule has 0 radical (unpaired) electrons. The SMILES string of the molecule is CC(C)C1(O)CN(C(=O)c2cc(Cl)ncc2Cl)C1. The molecule has 1 fully saturated rings. The van der Waals surface area contributed by atoms with E-state index in [4.69, 9.17) is 23.2 Å². The molecule has 18 heavy (non-hydrogen) atoms. The summed E-state index contributed by atoms with van der Waals surface area (Å²) in [7, 11) is 0. The second-order valence-electron chi connectivity index (χ2n) is 4.91. The third kappa shape index (κ3) is 2.32. The van der Waals surface area contributed by atoms with Crippen LogP contribution in [0.1, 0.15) is 24.2 Å². The summed E-state index contributed by atoms with van der Waals surface area (Å²) in [5.41, 5.74) is -0.471. The Bertz CT molecular complexity index is 485. The highest BCUT2D eigenvalue weighted by molar-refractivity contribution is 6.35. The Labute approximate surface area is 116 Å². The van der Waals surface area contributed by atoms with Gasteiger partial charge in [-0.2, -0.15) is 0 Å². The summed E-state index contributed by atoms with van der Waals surface area (Å²) in [6.07, 6.45) is 1.35. The van der Waals surface area contributed by atoms with Crippen molar-refractivity contribution in [1.82, 2.24) is 9.88 Å². The average molecular weight is 289 g/mol. The van der Waals surface area contributed by atoms with Gasteiger partial charge >= 0.3 is 0 Å². The molecule has 6 heteroatoms. The number of carbonyl (C=O) groups excluding carboxylic acids is 1. The maximum atomic E-state index is 12.2. The Morgan fingerprint density at radius 1 is 1.50 bits per heavy atom. The van der Waals surface area contributed by atoms with Crippen LogP contribution in [0.3, 0.4) is 0 Å². The van der Waals surface area contributed by atoms with E-state index >= 15 is 0 Å². The van der Waals surface area contributed by atoms with Crippen LogP contribution in [0.15, 0.2) is 12.3 Å². The summed E-state index contributed by atoms with van der Waals surface area (Å²) in [4.78, 5) is 17.5. The molecule has 1 saturated heterocycles. The first kappa shape index (κ1) is 13.6. The normalized spacial score (nSPS) is 17.8. The molecular formula is C12H14Cl2N2O2. The molecule has 4 nitrogen and oxygen atoms in total. The molecule has 1 N–H and O–H groups in total. The molecule has 0 atom stereocenters. The number of pyridine rings is 1. The lowest BCUT2D eigenvalue weighted by molar-refractivity contribution is -0.110. The van der Waals surface area contributed by atoms with Crippen molar-refractivity contribution < 1.29 is 9.90 Å². The zero-order valence-corrected chi connectivity index (χ0v) is 11.7. The van der Waals surface area contributed by atoms with Gasteiger partial charge in [-0.15, -0.1) is 0 Å². The largest absolute Gasteiger partial charge is 0.386 e. The van der Waals surface area contributed by atoms with Crippen LogP contribution in [0.4, 0.5) is 0 Å². The predicted octanol–water partition coefficient (Wildman–Crippen LogP) is 2.23. The summed E-state index contributed by atoms with van der Waals surface area (Å²) in [5.74, 6) is -0.118. The van der Waals surface area contributed by atoms with Gasteiger partial charge in [-0.25, -0.2) is 4.98 Å². The van der Waals surface area contributed by atoms with Crippen molar-refractivity contribution in [2.24, 2.45) is 5.92 Å². The number of β-amino-alcohol motifs (C(OH)–C–C–N with tert-alkyl or cyclic N) is 1. The van der Waals surface area contributed by atoms with Crippen LogP contribution in [-0.4, -0.2) is 39.6 Å². The average Bonchev–Trinajstić information content (AvgIpc) is 2.27. The van der Waals surface area contributed by atoms with Crippen LogP contribution in [0.25, 0.3) is 0 Å². The van der Waals surface area contributed by atoms with Gasteiger partial charge in [-0.1, -0.05) is 37.0 Å². The highest BCUT2D eigenvalue weighted by Gasteiger charge is 2.46. The highest BCUT2D eigenvalue weighted by atomic mass is 35.5. The molecule has 2 heterocycles. The minimum atomic E-state index is -0.793. The number of hydrogen-bond donors (Lipinski definition) is 1. The Hall–Kier alpha value is -0.840. The van der Waals surface area contributed by atoms with Gasteiger partial charge in [0, 0.05) is 6.20 Å². The van der Waals surface area contributed by atoms with Crippen LogP contribution in [0.5, 0.6) is 0 Å². The molecule has 1 amide bonds. The summed E-state index contributed by atoms with van der Waals surface area (Å²) < 4.78 is 0. The van der Waals surface area contributed by atoms with E-state index in [0.29, 0.717) is 18.7 Å². The number of rotatable bonds is 2. The number of amides is 1. The zero-order chi connectivity index (χ0) is 13.5. The van der Waals surface area contributed by atoms with Gasteiger partial charge in [-0.3, -0.25) is 4.79 Å². The van der Waals surface area contributed by atoms with Gasteiger partial charge < -0.3 is 10.0 Å². The van der Waals surface area contributed by atoms with E-state index < -0.39 is 5.60 Å². The maximum Gasteiger partial charge on any atom is 0.255 e. The van der Waals surface area contributed by atoms with Crippen LogP contribution in [-0.2, 0) is 0 Å². The quantitative estimate of drug-likeness (QED) is 0.849. The number of aromatic nitrogens is 1. The first-order valence-corrected chi connectivity index (χ1v) is 6.42. The van der Waals surface area contributed by atoms with Crippen molar-refractivity contribution in [3.05, 3.63) is 28.0 Å². The smallest absolute Gasteiger partial charge is 0.255 e. The lowest BCUT2D eigenvalue weighted by Gasteiger charge is -2.49. The molecule has 0 spiro atoms. The fraction of sp³-hybridized carbons (Fsp3) is 0.500. The predicted molar refractivity (Wildman–Crippen MR) is 69.9 cm³/mol. The number of nitrogens with zero attached hydrogens (tertiary/aromatic N) is 2. The Balaban J connectivity index is 2.13. The van der Waals surface area contributed by atoms with Gasteiger partial charge in [0.1, 0.15) is 10.8 Å². The molecule has 0 aliphatic carbocycles. The Morgan fingerprint density at radius 2 is 2.11 bits per heavy atom. The van der Waals surface area contributed by atoms with Crippen molar-refractivity contribution in [3.63, 3.8) is 0 Å². The number of carbonyl (C=O) groups is 1. The standard InChI is InChI=1S/C12H14Cl2N2O2/c1-7(2)12(18)5-16(6-12)11(17)8-3-10(14)15-4-9(8)13/h3-4,7,18H,5-6H2,1-2H3. The number of likely N-dealkylation sites (tertiary alicyclic amines) is 1. The van der Waals surface area contributed by atoms with E-state index in [9.17, 15) is 9.90 Å². The molecule has 1 aliphatic rings. The summed E-state index contributed by atoms with van der Waals surface area (Å²) in [5, 5.41) is 10.6. The Morgan fingerprint density at radius 3 is 2.67 bits per heavy atom. The zero-order valence-electron chi connectivity index (χ0n) is 10.2. The van der Waals surface area contributed by atoms with E-state index in [1.807, 2.05) is 13.8 Å². The first-order chi connectivity index (χ1) is 8.33. The fourth-order valence-electron chi connectivity index (χ4n) is 1.87. The van der Waals surface area contributed by atoms with Gasteiger partial charge in [0.25, 0.3) is 5.91 Å². The van der Waals surface area contributed by atoms with Gasteiger partial charge in [-0.05, 0) is 12.0 Å². The fourth-order valence-corrected chi connectivity index (χ4v) is 2.21. The van der Waals surface area contributed by atoms with Crippen molar-refractivity contribution in [3.8, 4) is 0 Å². The number of hydrogen-bond acceptors (Lipinski definition) is 3. The minimum absolute atomic E-state index is 0.109. The van der Waals surface area contributed by atoms with Crippen LogP contribution in [0.2, 0.25) is 10.2 Å². The van der Waals surface area contributed by atoms with Crippen molar-refractivity contribution >= 4 is 29.1 Å². The second-order valence-corrected chi connectivity index (χ2v) is 5.70. The molecule has 1 aromatic rings. The lowest BCUT2D eigenvalue weighted by atomic mass is 9.82. The van der Waals surface area contributed by atoms with Gasteiger partial charge in [0.05, 0.1) is 23.7 Å². The monoisotopic (exact) mass is 288 g/mol. The molecule has 0 aromatic carbocycles. The molecule has 0 bridgehead atoms. The molecule has 2 rings (SSSR count).